The van der Waals surface area contributed by atoms with E-state index < -0.39 is 0 Å². The molecule has 0 radical (unpaired) electrons. The number of thiophene rings is 1. The Morgan fingerprint density at radius 3 is 2.88 bits per heavy atom. The number of morpholine rings is 1. The van der Waals surface area contributed by atoms with Crippen molar-refractivity contribution in [3.63, 3.8) is 0 Å². The van der Waals surface area contributed by atoms with E-state index in [-0.39, 0.29) is 5.82 Å². The summed E-state index contributed by atoms with van der Waals surface area (Å²) in [6.07, 6.45) is 3.75. The molecule has 9 heteroatoms. The van der Waals surface area contributed by atoms with Crippen LogP contribution in [0.1, 0.15) is 17.4 Å². The number of fused-ring (bicyclic) bond motifs is 1. The van der Waals surface area contributed by atoms with E-state index in [2.05, 4.69) is 33.4 Å². The van der Waals surface area contributed by atoms with Gasteiger partial charge in [-0.1, -0.05) is 6.07 Å². The molecule has 1 atom stereocenters. The predicted molar refractivity (Wildman–Crippen MR) is 137 cm³/mol. The van der Waals surface area contributed by atoms with Crippen LogP contribution < -0.4 is 15.5 Å². The van der Waals surface area contributed by atoms with Crippen LogP contribution in [0, 0.1) is 5.82 Å². The van der Waals surface area contributed by atoms with Gasteiger partial charge in [-0.2, -0.15) is 0 Å². The zero-order chi connectivity index (χ0) is 23.5. The van der Waals surface area contributed by atoms with Crippen molar-refractivity contribution in [2.75, 3.05) is 57.9 Å². The fraction of sp³-hybridized carbons (Fsp3) is 0.440. The van der Waals surface area contributed by atoms with Gasteiger partial charge in [0.25, 0.3) is 0 Å². The van der Waals surface area contributed by atoms with Crippen molar-refractivity contribution >= 4 is 33.4 Å². The first kappa shape index (κ1) is 23.2. The number of anilines is 1. The number of halogens is 1. The smallest absolute Gasteiger partial charge is 0.162 e. The third kappa shape index (κ3) is 5.07. The molecule has 3 aromatic rings. The van der Waals surface area contributed by atoms with Gasteiger partial charge in [0.2, 0.25) is 0 Å². The first-order valence-electron chi connectivity index (χ1n) is 11.8. The highest BCUT2D eigenvalue weighted by Crippen LogP contribution is 2.36. The average molecular weight is 483 g/mol. The van der Waals surface area contributed by atoms with E-state index >= 15 is 0 Å². The van der Waals surface area contributed by atoms with Gasteiger partial charge < -0.3 is 20.3 Å². The van der Waals surface area contributed by atoms with E-state index in [9.17, 15) is 4.39 Å². The Bertz CT molecular complexity index is 1180. The van der Waals surface area contributed by atoms with Gasteiger partial charge in [0, 0.05) is 62.8 Å². The molecule has 34 heavy (non-hydrogen) atoms. The number of nitrogens with zero attached hydrogens (tertiary/aromatic N) is 4. The van der Waals surface area contributed by atoms with Crippen LogP contribution in [0.3, 0.4) is 0 Å². The Morgan fingerprint density at radius 2 is 2.09 bits per heavy atom. The third-order valence-corrected chi connectivity index (χ3v) is 7.34. The van der Waals surface area contributed by atoms with Crippen molar-refractivity contribution < 1.29 is 9.13 Å². The molecule has 0 aliphatic carbocycles. The second-order valence-corrected chi connectivity index (χ2v) is 9.98. The lowest BCUT2D eigenvalue weighted by Crippen LogP contribution is -2.48. The van der Waals surface area contributed by atoms with Crippen molar-refractivity contribution in [3.05, 3.63) is 46.7 Å². The van der Waals surface area contributed by atoms with E-state index in [0.29, 0.717) is 30.6 Å². The van der Waals surface area contributed by atoms with Gasteiger partial charge in [0.1, 0.15) is 5.82 Å². The summed E-state index contributed by atoms with van der Waals surface area (Å²) in [5, 5.41) is 6.51. The highest BCUT2D eigenvalue weighted by molar-refractivity contribution is 7.19. The number of rotatable bonds is 6. The number of nitrogens with one attached hydrogen (secondary N) is 2. The van der Waals surface area contributed by atoms with E-state index in [1.807, 2.05) is 19.3 Å². The van der Waals surface area contributed by atoms with Crippen LogP contribution in [0.2, 0.25) is 0 Å². The fourth-order valence-electron chi connectivity index (χ4n) is 4.57. The Balaban J connectivity index is 1.58. The van der Waals surface area contributed by atoms with Gasteiger partial charge in [0.15, 0.2) is 11.6 Å². The van der Waals surface area contributed by atoms with Crippen LogP contribution >= 0.6 is 11.3 Å². The molecule has 2 aliphatic heterocycles. The van der Waals surface area contributed by atoms with Crippen molar-refractivity contribution in [1.29, 1.82) is 0 Å². The maximum Gasteiger partial charge on any atom is 0.162 e. The zero-order valence-electron chi connectivity index (χ0n) is 19.7. The third-order valence-electron chi connectivity index (χ3n) is 6.23. The van der Waals surface area contributed by atoms with Crippen molar-refractivity contribution in [3.8, 4) is 11.4 Å². The summed E-state index contributed by atoms with van der Waals surface area (Å²) in [4.78, 5) is 16.0. The minimum absolute atomic E-state index is 0.299. The summed E-state index contributed by atoms with van der Waals surface area (Å²) in [5.41, 5.74) is 2.47. The normalized spacial score (nSPS) is 19.9. The van der Waals surface area contributed by atoms with Gasteiger partial charge in [-0.25, -0.2) is 14.4 Å². The number of hydrogen-bond acceptors (Lipinski definition) is 8. The summed E-state index contributed by atoms with van der Waals surface area (Å²) in [5.74, 6) is 1.16. The van der Waals surface area contributed by atoms with Crippen LogP contribution in [0.5, 0.6) is 0 Å². The highest BCUT2D eigenvalue weighted by Gasteiger charge is 2.22. The first-order chi connectivity index (χ1) is 16.6. The molecule has 7 nitrogen and oxygen atoms in total. The Labute approximate surface area is 203 Å². The average Bonchev–Trinajstić information content (AvgIpc) is 3.25. The molecule has 0 spiro atoms. The van der Waals surface area contributed by atoms with Crippen molar-refractivity contribution in [1.82, 2.24) is 25.5 Å². The Morgan fingerprint density at radius 1 is 1.24 bits per heavy atom. The van der Waals surface area contributed by atoms with E-state index in [0.717, 1.165) is 60.9 Å². The predicted octanol–water partition coefficient (Wildman–Crippen LogP) is 3.32. The molecule has 0 amide bonds. The molecular weight excluding hydrogens is 451 g/mol. The minimum Gasteiger partial charge on any atom is -0.394 e. The molecule has 0 bridgehead atoms. The van der Waals surface area contributed by atoms with Crippen LogP contribution in [0.4, 0.5) is 10.2 Å². The van der Waals surface area contributed by atoms with Gasteiger partial charge >= 0.3 is 0 Å². The summed E-state index contributed by atoms with van der Waals surface area (Å²) < 4.78 is 21.0. The number of aromatic nitrogens is 2. The number of piperazine rings is 1. The van der Waals surface area contributed by atoms with Crippen LogP contribution in [0.25, 0.3) is 27.7 Å². The van der Waals surface area contributed by atoms with Crippen molar-refractivity contribution in [2.45, 2.75) is 19.5 Å². The fourth-order valence-corrected chi connectivity index (χ4v) is 5.72. The summed E-state index contributed by atoms with van der Waals surface area (Å²) in [6.45, 7) is 9.13. The molecule has 2 fully saturated rings. The molecule has 0 saturated carbocycles. The van der Waals surface area contributed by atoms with E-state index in [1.54, 1.807) is 17.4 Å². The Kier molecular flexibility index (Phi) is 7.05. The molecular formula is C25H31FN6OS. The molecule has 2 saturated heterocycles. The number of ether oxygens (including phenoxy) is 1. The number of hydrogen-bond donors (Lipinski definition) is 2. The van der Waals surface area contributed by atoms with Gasteiger partial charge in [-0.15, -0.1) is 11.3 Å². The summed E-state index contributed by atoms with van der Waals surface area (Å²) >= 11 is 1.77. The standard InChI is InChI=1S/C25H31FN6OS/c1-17-15-31(8-7-28-17)16-20-14-22-23(34-20)25(32-9-11-33-12-10-32)30-24(29-22)21-13-19(26)4-3-18(21)5-6-27-2/h3-6,13-14,17,27-28H,7-12,15-16H2,1-2H3/b6-5-. The molecule has 1 aromatic carbocycles. The SMILES string of the molecule is CN/C=C\c1ccc(F)cc1-c1nc(N2CCOCC2)c2sc(CN3CCNC(C)C3)cc2n1. The second-order valence-electron chi connectivity index (χ2n) is 8.84. The second kappa shape index (κ2) is 10.4. The summed E-state index contributed by atoms with van der Waals surface area (Å²) in [6, 6.07) is 7.44. The Hall–Kier alpha value is -2.59. The molecule has 2 aliphatic rings. The molecule has 2 N–H and O–H groups in total. The lowest BCUT2D eigenvalue weighted by molar-refractivity contribution is 0.122. The van der Waals surface area contributed by atoms with Crippen molar-refractivity contribution in [2.24, 2.45) is 0 Å². The van der Waals surface area contributed by atoms with Crippen LogP contribution in [-0.4, -0.2) is 73.9 Å². The molecule has 2 aromatic heterocycles. The summed E-state index contributed by atoms with van der Waals surface area (Å²) in [7, 11) is 1.84. The van der Waals surface area contributed by atoms with E-state index in [1.165, 1.54) is 17.0 Å². The monoisotopic (exact) mass is 482 g/mol. The topological polar surface area (TPSA) is 65.6 Å². The molecule has 4 heterocycles. The quantitative estimate of drug-likeness (QED) is 0.559. The van der Waals surface area contributed by atoms with Crippen LogP contribution in [-0.2, 0) is 11.3 Å². The maximum atomic E-state index is 14.3. The lowest BCUT2D eigenvalue weighted by atomic mass is 10.1. The molecule has 180 valence electrons. The van der Waals surface area contributed by atoms with Crippen LogP contribution in [0.15, 0.2) is 30.5 Å². The lowest BCUT2D eigenvalue weighted by Gasteiger charge is -2.31. The van der Waals surface area contributed by atoms with Gasteiger partial charge in [-0.3, -0.25) is 4.90 Å². The van der Waals surface area contributed by atoms with Gasteiger partial charge in [-0.05, 0) is 43.0 Å². The largest absolute Gasteiger partial charge is 0.394 e. The minimum atomic E-state index is -0.299. The highest BCUT2D eigenvalue weighted by atomic mass is 32.1. The first-order valence-corrected chi connectivity index (χ1v) is 12.6. The molecule has 1 unspecified atom stereocenters. The maximum absolute atomic E-state index is 14.3. The van der Waals surface area contributed by atoms with Gasteiger partial charge in [0.05, 0.1) is 23.4 Å². The van der Waals surface area contributed by atoms with E-state index in [4.69, 9.17) is 14.7 Å². The molecule has 5 rings (SSSR count). The zero-order valence-corrected chi connectivity index (χ0v) is 20.5. The number of benzene rings is 1.